The molecule has 8 heteroatoms. The van der Waals surface area contributed by atoms with Gasteiger partial charge in [-0.3, -0.25) is 9.55 Å². The van der Waals surface area contributed by atoms with Crippen molar-refractivity contribution in [3.05, 3.63) is 65.9 Å². The molecule has 0 saturated heterocycles. The van der Waals surface area contributed by atoms with Crippen molar-refractivity contribution in [1.29, 1.82) is 0 Å². The van der Waals surface area contributed by atoms with Gasteiger partial charge in [-0.05, 0) is 30.3 Å². The molecule has 0 aliphatic heterocycles. The van der Waals surface area contributed by atoms with Crippen molar-refractivity contribution in [1.82, 2.24) is 19.7 Å². The van der Waals surface area contributed by atoms with Crippen LogP contribution in [0.5, 0.6) is 5.75 Å². The fourth-order valence-electron chi connectivity index (χ4n) is 2.37. The number of benzene rings is 1. The summed E-state index contributed by atoms with van der Waals surface area (Å²) in [5.74, 6) is 1.91. The molecule has 3 aromatic rings. The fourth-order valence-corrected chi connectivity index (χ4v) is 3.60. The van der Waals surface area contributed by atoms with Crippen LogP contribution in [-0.4, -0.2) is 43.3 Å². The van der Waals surface area contributed by atoms with Crippen LogP contribution in [0.15, 0.2) is 71.1 Å². The number of pyridine rings is 1. The van der Waals surface area contributed by atoms with E-state index < -0.39 is 6.10 Å². The number of nitrogens with zero attached hydrogens (tertiary/aromatic N) is 4. The topological polar surface area (TPSA) is 73.1 Å². The Morgan fingerprint density at radius 1 is 1.26 bits per heavy atom. The molecule has 0 amide bonds. The summed E-state index contributed by atoms with van der Waals surface area (Å²) in [6, 6.07) is 11.3. The number of hydrogen-bond donors (Lipinski definition) is 1. The van der Waals surface area contributed by atoms with Gasteiger partial charge in [0.1, 0.15) is 12.4 Å². The molecule has 2 aromatic heterocycles. The number of allylic oxidation sites excluding steroid dienone is 1. The number of rotatable bonds is 9. The number of hydrogen-bond acceptors (Lipinski definition) is 6. The number of aliphatic hydroxyl groups is 1. The first-order valence-electron chi connectivity index (χ1n) is 8.31. The Bertz CT molecular complexity index is 888. The lowest BCUT2D eigenvalue weighted by Gasteiger charge is -2.13. The predicted octanol–water partition coefficient (Wildman–Crippen LogP) is 3.82. The van der Waals surface area contributed by atoms with Gasteiger partial charge in [0.2, 0.25) is 0 Å². The molecule has 0 saturated carbocycles. The average Bonchev–Trinajstić information content (AvgIpc) is 3.08. The molecule has 27 heavy (non-hydrogen) atoms. The van der Waals surface area contributed by atoms with Gasteiger partial charge < -0.3 is 9.84 Å². The summed E-state index contributed by atoms with van der Waals surface area (Å²) in [5, 5.41) is 19.5. The molecular weight excluding hydrogens is 428 g/mol. The first kappa shape index (κ1) is 19.6. The molecule has 0 aliphatic rings. The summed E-state index contributed by atoms with van der Waals surface area (Å²) >= 11 is 4.83. The minimum Gasteiger partial charge on any atom is -0.491 e. The summed E-state index contributed by atoms with van der Waals surface area (Å²) in [7, 11) is 0. The minimum absolute atomic E-state index is 0.205. The van der Waals surface area contributed by atoms with E-state index in [1.165, 1.54) is 11.8 Å². The monoisotopic (exact) mass is 446 g/mol. The van der Waals surface area contributed by atoms with Gasteiger partial charge in [-0.2, -0.15) is 0 Å². The second kappa shape index (κ2) is 9.68. The van der Waals surface area contributed by atoms with Crippen molar-refractivity contribution in [3.63, 3.8) is 0 Å². The molecule has 0 spiro atoms. The highest BCUT2D eigenvalue weighted by atomic mass is 79.9. The highest BCUT2D eigenvalue weighted by molar-refractivity contribution is 9.10. The first-order chi connectivity index (χ1) is 13.2. The molecule has 0 fully saturated rings. The molecule has 1 unspecified atom stereocenters. The van der Waals surface area contributed by atoms with E-state index in [0.717, 1.165) is 21.0 Å². The van der Waals surface area contributed by atoms with Gasteiger partial charge in [-0.1, -0.05) is 39.8 Å². The van der Waals surface area contributed by atoms with Gasteiger partial charge in [-0.25, -0.2) is 0 Å². The molecule has 0 radical (unpaired) electrons. The summed E-state index contributed by atoms with van der Waals surface area (Å²) in [5.41, 5.74) is 0.935. The van der Waals surface area contributed by atoms with Crippen LogP contribution in [0.2, 0.25) is 0 Å². The third kappa shape index (κ3) is 5.41. The van der Waals surface area contributed by atoms with Crippen LogP contribution in [0, 0.1) is 0 Å². The highest BCUT2D eigenvalue weighted by Gasteiger charge is 2.15. The maximum absolute atomic E-state index is 10.2. The van der Waals surface area contributed by atoms with Gasteiger partial charge in [0.05, 0.1) is 6.10 Å². The van der Waals surface area contributed by atoms with E-state index in [-0.39, 0.29) is 6.61 Å². The summed E-state index contributed by atoms with van der Waals surface area (Å²) in [6.45, 7) is 4.59. The SMILES string of the molecule is C=CCn1c(SCC(O)COc2cccc(Br)c2)nnc1-c1ccncc1. The second-order valence-corrected chi connectivity index (χ2v) is 7.58. The zero-order chi connectivity index (χ0) is 19.1. The Labute approximate surface area is 170 Å². The van der Waals surface area contributed by atoms with Crippen LogP contribution in [0.4, 0.5) is 0 Å². The Hall–Kier alpha value is -2.16. The largest absolute Gasteiger partial charge is 0.491 e. The molecule has 140 valence electrons. The van der Waals surface area contributed by atoms with Crippen LogP contribution in [0.1, 0.15) is 0 Å². The normalized spacial score (nSPS) is 11.9. The molecular formula is C19H19BrN4O2S. The highest BCUT2D eigenvalue weighted by Crippen LogP contribution is 2.24. The van der Waals surface area contributed by atoms with E-state index in [1.807, 2.05) is 41.0 Å². The predicted molar refractivity (Wildman–Crippen MR) is 110 cm³/mol. The van der Waals surface area contributed by atoms with E-state index in [1.54, 1.807) is 18.5 Å². The zero-order valence-electron chi connectivity index (χ0n) is 14.5. The molecule has 1 N–H and O–H groups in total. The fraction of sp³-hybridized carbons (Fsp3) is 0.211. The smallest absolute Gasteiger partial charge is 0.191 e. The quantitative estimate of drug-likeness (QED) is 0.397. The second-order valence-electron chi connectivity index (χ2n) is 5.67. The van der Waals surface area contributed by atoms with Crippen molar-refractivity contribution < 1.29 is 9.84 Å². The van der Waals surface area contributed by atoms with Crippen LogP contribution in [-0.2, 0) is 6.54 Å². The van der Waals surface area contributed by atoms with Crippen molar-refractivity contribution in [3.8, 4) is 17.1 Å². The van der Waals surface area contributed by atoms with Crippen molar-refractivity contribution in [2.45, 2.75) is 17.8 Å². The van der Waals surface area contributed by atoms with E-state index >= 15 is 0 Å². The van der Waals surface area contributed by atoms with Crippen LogP contribution in [0.3, 0.4) is 0 Å². The number of halogens is 1. The minimum atomic E-state index is -0.632. The van der Waals surface area contributed by atoms with E-state index in [4.69, 9.17) is 4.74 Å². The average molecular weight is 447 g/mol. The number of thioether (sulfide) groups is 1. The van der Waals surface area contributed by atoms with E-state index in [2.05, 4.69) is 37.7 Å². The van der Waals surface area contributed by atoms with Gasteiger partial charge in [-0.15, -0.1) is 16.8 Å². The summed E-state index contributed by atoms with van der Waals surface area (Å²) in [4.78, 5) is 4.03. The summed E-state index contributed by atoms with van der Waals surface area (Å²) < 4.78 is 8.53. The van der Waals surface area contributed by atoms with Gasteiger partial charge in [0.25, 0.3) is 0 Å². The van der Waals surface area contributed by atoms with Crippen LogP contribution < -0.4 is 4.74 Å². The van der Waals surface area contributed by atoms with Crippen LogP contribution >= 0.6 is 27.7 Å². The maximum Gasteiger partial charge on any atom is 0.191 e. The van der Waals surface area contributed by atoms with Crippen LogP contribution in [0.25, 0.3) is 11.4 Å². The molecule has 1 aromatic carbocycles. The lowest BCUT2D eigenvalue weighted by Crippen LogP contribution is -2.20. The van der Waals surface area contributed by atoms with Gasteiger partial charge >= 0.3 is 0 Å². The third-order valence-electron chi connectivity index (χ3n) is 3.61. The van der Waals surface area contributed by atoms with Gasteiger partial charge in [0.15, 0.2) is 11.0 Å². The number of ether oxygens (including phenoxy) is 1. The maximum atomic E-state index is 10.2. The van der Waals surface area contributed by atoms with Crippen molar-refractivity contribution >= 4 is 27.7 Å². The zero-order valence-corrected chi connectivity index (χ0v) is 16.9. The Morgan fingerprint density at radius 3 is 2.81 bits per heavy atom. The Kier molecular flexibility index (Phi) is 7.03. The van der Waals surface area contributed by atoms with Gasteiger partial charge in [0, 0.05) is 34.7 Å². The standard InChI is InChI=1S/C19H19BrN4O2S/c1-2-10-24-18(14-6-8-21-9-7-14)22-23-19(24)27-13-16(25)12-26-17-5-3-4-15(20)11-17/h2-9,11,16,25H,1,10,12-13H2. The molecule has 2 heterocycles. The number of aromatic nitrogens is 4. The first-order valence-corrected chi connectivity index (χ1v) is 10.1. The molecule has 0 bridgehead atoms. The third-order valence-corrected chi connectivity index (χ3v) is 5.22. The Balaban J connectivity index is 1.61. The number of aliphatic hydroxyl groups excluding tert-OH is 1. The molecule has 0 aliphatic carbocycles. The molecule has 1 atom stereocenters. The lowest BCUT2D eigenvalue weighted by molar-refractivity contribution is 0.126. The molecule has 3 rings (SSSR count). The van der Waals surface area contributed by atoms with E-state index in [0.29, 0.717) is 18.0 Å². The lowest BCUT2D eigenvalue weighted by atomic mass is 10.2. The molecule has 6 nitrogen and oxygen atoms in total. The van der Waals surface area contributed by atoms with Crippen molar-refractivity contribution in [2.75, 3.05) is 12.4 Å². The Morgan fingerprint density at radius 2 is 2.07 bits per heavy atom. The summed E-state index contributed by atoms with van der Waals surface area (Å²) in [6.07, 6.45) is 4.61. The van der Waals surface area contributed by atoms with Crippen molar-refractivity contribution in [2.24, 2.45) is 0 Å². The van der Waals surface area contributed by atoms with E-state index in [9.17, 15) is 5.11 Å².